The second kappa shape index (κ2) is 12.1. The van der Waals surface area contributed by atoms with Crippen LogP contribution in [0.25, 0.3) is 0 Å². The smallest absolute Gasteiger partial charge is 0.416 e. The van der Waals surface area contributed by atoms with Crippen LogP contribution in [-0.2, 0) is 29.0 Å². The first-order valence-electron chi connectivity index (χ1n) is 11.8. The van der Waals surface area contributed by atoms with E-state index in [4.69, 9.17) is 32.7 Å². The first-order valence-corrected chi connectivity index (χ1v) is 12.5. The quantitative estimate of drug-likeness (QED) is 0.271. The molecule has 0 bridgehead atoms. The number of imide groups is 1. The summed E-state index contributed by atoms with van der Waals surface area (Å²) in [5.74, 6) is -0.359. The average molecular weight is 524 g/mol. The second-order valence-corrected chi connectivity index (χ2v) is 9.51. The number of allylic oxidation sites excluding steroid dienone is 1. The van der Waals surface area contributed by atoms with E-state index in [0.717, 1.165) is 11.1 Å². The maximum atomic E-state index is 13.6. The molecule has 1 heterocycles. The third-order valence-electron chi connectivity index (χ3n) is 6.13. The minimum atomic E-state index is -0.628. The molecule has 7 heteroatoms. The summed E-state index contributed by atoms with van der Waals surface area (Å²) < 4.78 is 11.1. The zero-order chi connectivity index (χ0) is 25.5. The van der Waals surface area contributed by atoms with Gasteiger partial charge in [0, 0.05) is 16.0 Å². The largest absolute Gasteiger partial charge is 0.489 e. The summed E-state index contributed by atoms with van der Waals surface area (Å²) in [6.45, 7) is 4.34. The molecule has 3 aromatic carbocycles. The molecule has 0 N–H and O–H groups in total. The number of hydrogen-bond acceptors (Lipinski definition) is 4. The number of hydrogen-bond donors (Lipinski definition) is 0. The van der Waals surface area contributed by atoms with E-state index in [1.807, 2.05) is 60.7 Å². The van der Waals surface area contributed by atoms with Crippen molar-refractivity contribution in [1.82, 2.24) is 4.90 Å². The van der Waals surface area contributed by atoms with Gasteiger partial charge in [0.1, 0.15) is 19.0 Å². The van der Waals surface area contributed by atoms with E-state index in [-0.39, 0.29) is 25.0 Å². The third-order valence-corrected chi connectivity index (χ3v) is 6.80. The van der Waals surface area contributed by atoms with Crippen molar-refractivity contribution in [2.75, 3.05) is 6.61 Å². The first kappa shape index (κ1) is 25.8. The monoisotopic (exact) mass is 523 g/mol. The standard InChI is InChI=1S/C29H27Cl2NO4/c1-2-9-22(28(33)32-23(19-36-29(32)34)14-20-10-5-3-6-11-20)15-25-26(30)16-24(17-27(25)31)35-18-21-12-7-4-8-13-21/h2-8,10-13,16-17,22-23H,1,9,14-15,18-19H2/t22-,23+/m1/s1. The lowest BCUT2D eigenvalue weighted by molar-refractivity contribution is -0.133. The van der Waals surface area contributed by atoms with Gasteiger partial charge in [-0.05, 0) is 48.1 Å². The van der Waals surface area contributed by atoms with E-state index in [2.05, 4.69) is 6.58 Å². The van der Waals surface area contributed by atoms with E-state index in [1.165, 1.54) is 4.90 Å². The Morgan fingerprint density at radius 2 is 1.67 bits per heavy atom. The molecule has 0 saturated carbocycles. The molecule has 1 aliphatic rings. The molecule has 36 heavy (non-hydrogen) atoms. The van der Waals surface area contributed by atoms with E-state index in [0.29, 0.717) is 40.8 Å². The van der Waals surface area contributed by atoms with Gasteiger partial charge in [-0.3, -0.25) is 4.79 Å². The van der Waals surface area contributed by atoms with Crippen molar-refractivity contribution in [3.63, 3.8) is 0 Å². The van der Waals surface area contributed by atoms with Crippen molar-refractivity contribution >= 4 is 35.2 Å². The van der Waals surface area contributed by atoms with Crippen LogP contribution in [-0.4, -0.2) is 29.5 Å². The van der Waals surface area contributed by atoms with E-state index in [1.54, 1.807) is 18.2 Å². The van der Waals surface area contributed by atoms with Gasteiger partial charge in [-0.15, -0.1) is 6.58 Å². The van der Waals surface area contributed by atoms with Crippen molar-refractivity contribution in [2.45, 2.75) is 31.9 Å². The Morgan fingerprint density at radius 1 is 1.06 bits per heavy atom. The van der Waals surface area contributed by atoms with E-state index >= 15 is 0 Å². The van der Waals surface area contributed by atoms with Gasteiger partial charge in [0.25, 0.3) is 0 Å². The summed E-state index contributed by atoms with van der Waals surface area (Å²) in [5.41, 5.74) is 2.67. The number of carbonyl (C=O) groups is 2. The van der Waals surface area contributed by atoms with Crippen LogP contribution >= 0.6 is 23.2 Å². The molecule has 0 spiro atoms. The van der Waals surface area contributed by atoms with Gasteiger partial charge in [-0.1, -0.05) is 89.9 Å². The van der Waals surface area contributed by atoms with Crippen LogP contribution in [0, 0.1) is 5.92 Å². The normalized spacial score (nSPS) is 15.9. The highest BCUT2D eigenvalue weighted by Gasteiger charge is 2.40. The average Bonchev–Trinajstić information content (AvgIpc) is 3.24. The van der Waals surface area contributed by atoms with Crippen molar-refractivity contribution in [3.05, 3.63) is 112 Å². The van der Waals surface area contributed by atoms with Gasteiger partial charge < -0.3 is 9.47 Å². The van der Waals surface area contributed by atoms with Gasteiger partial charge in [0.2, 0.25) is 5.91 Å². The van der Waals surface area contributed by atoms with Crippen LogP contribution in [0.2, 0.25) is 10.0 Å². The van der Waals surface area contributed by atoms with Crippen LogP contribution in [0.4, 0.5) is 4.79 Å². The summed E-state index contributed by atoms with van der Waals surface area (Å²) in [6, 6.07) is 22.5. The van der Waals surface area contributed by atoms with Crippen molar-refractivity contribution in [3.8, 4) is 5.75 Å². The van der Waals surface area contributed by atoms with Gasteiger partial charge in [-0.25, -0.2) is 9.69 Å². The number of nitrogens with zero attached hydrogens (tertiary/aromatic N) is 1. The Bertz CT molecular complexity index is 1190. The summed E-state index contributed by atoms with van der Waals surface area (Å²) in [6.07, 6.45) is 2.17. The molecule has 1 fully saturated rings. The molecular formula is C29H27Cl2NO4. The molecular weight excluding hydrogens is 497 g/mol. The number of carbonyl (C=O) groups excluding carboxylic acids is 2. The molecule has 0 unspecified atom stereocenters. The first-order chi connectivity index (χ1) is 17.5. The van der Waals surface area contributed by atoms with Crippen molar-refractivity contribution in [2.24, 2.45) is 5.92 Å². The van der Waals surface area contributed by atoms with Crippen LogP contribution in [0.1, 0.15) is 23.1 Å². The summed E-state index contributed by atoms with van der Waals surface area (Å²) in [4.78, 5) is 27.3. The highest BCUT2D eigenvalue weighted by atomic mass is 35.5. The lowest BCUT2D eigenvalue weighted by Crippen LogP contribution is -2.44. The van der Waals surface area contributed by atoms with Gasteiger partial charge in [0.05, 0.1) is 6.04 Å². The van der Waals surface area contributed by atoms with E-state index < -0.39 is 12.0 Å². The van der Waals surface area contributed by atoms with E-state index in [9.17, 15) is 9.59 Å². The molecule has 1 saturated heterocycles. The molecule has 4 rings (SSSR count). The van der Waals surface area contributed by atoms with Crippen LogP contribution in [0.5, 0.6) is 5.75 Å². The van der Waals surface area contributed by atoms with Crippen LogP contribution in [0.3, 0.4) is 0 Å². The molecule has 3 aromatic rings. The van der Waals surface area contributed by atoms with Gasteiger partial charge >= 0.3 is 6.09 Å². The topological polar surface area (TPSA) is 55.8 Å². The Kier molecular flexibility index (Phi) is 8.68. The van der Waals surface area contributed by atoms with Gasteiger partial charge in [-0.2, -0.15) is 0 Å². The Balaban J connectivity index is 1.49. The Hall–Kier alpha value is -3.28. The van der Waals surface area contributed by atoms with Crippen molar-refractivity contribution < 1.29 is 19.1 Å². The fourth-order valence-electron chi connectivity index (χ4n) is 4.28. The number of cyclic esters (lactones) is 1. The minimum Gasteiger partial charge on any atom is -0.489 e. The third kappa shape index (κ3) is 6.28. The fraction of sp³-hybridized carbons (Fsp3) is 0.241. The molecule has 5 nitrogen and oxygen atoms in total. The number of ether oxygens (including phenoxy) is 2. The molecule has 1 aliphatic heterocycles. The summed E-state index contributed by atoms with van der Waals surface area (Å²) in [5, 5.41) is 0.800. The lowest BCUT2D eigenvalue weighted by atomic mass is 9.93. The fourth-order valence-corrected chi connectivity index (χ4v) is 4.90. The minimum absolute atomic E-state index is 0.162. The van der Waals surface area contributed by atoms with Crippen molar-refractivity contribution in [1.29, 1.82) is 0 Å². The predicted molar refractivity (Wildman–Crippen MR) is 141 cm³/mol. The molecule has 186 valence electrons. The highest BCUT2D eigenvalue weighted by molar-refractivity contribution is 6.36. The number of rotatable bonds is 10. The Morgan fingerprint density at radius 3 is 2.28 bits per heavy atom. The second-order valence-electron chi connectivity index (χ2n) is 8.69. The number of amides is 2. The molecule has 2 atom stereocenters. The predicted octanol–water partition coefficient (Wildman–Crippen LogP) is 6.90. The zero-order valence-electron chi connectivity index (χ0n) is 19.7. The summed E-state index contributed by atoms with van der Waals surface area (Å²) in [7, 11) is 0. The SMILES string of the molecule is C=CC[C@H](Cc1c(Cl)cc(OCc2ccccc2)cc1Cl)C(=O)N1C(=O)OC[C@@H]1Cc1ccccc1. The molecule has 0 aromatic heterocycles. The van der Waals surface area contributed by atoms with Gasteiger partial charge in [0.15, 0.2) is 0 Å². The van der Waals surface area contributed by atoms with Crippen LogP contribution in [0.15, 0.2) is 85.5 Å². The lowest BCUT2D eigenvalue weighted by Gasteiger charge is -2.25. The zero-order valence-corrected chi connectivity index (χ0v) is 21.3. The summed E-state index contributed by atoms with van der Waals surface area (Å²) >= 11 is 13.2. The molecule has 0 aliphatic carbocycles. The Labute approximate surface area is 221 Å². The number of benzene rings is 3. The van der Waals surface area contributed by atoms with Crippen LogP contribution < -0.4 is 4.74 Å². The highest BCUT2D eigenvalue weighted by Crippen LogP contribution is 2.34. The molecule has 0 radical (unpaired) electrons. The maximum absolute atomic E-state index is 13.6. The molecule has 2 amide bonds. The number of halogens is 2. The maximum Gasteiger partial charge on any atom is 0.416 e.